The predicted molar refractivity (Wildman–Crippen MR) is 79.1 cm³/mol. The Bertz CT molecular complexity index is 264. The summed E-state index contributed by atoms with van der Waals surface area (Å²) < 4.78 is 10.7. The summed E-state index contributed by atoms with van der Waals surface area (Å²) in [5.41, 5.74) is -0.0766. The van der Waals surface area contributed by atoms with Gasteiger partial charge in [-0.1, -0.05) is 19.4 Å². The maximum absolute atomic E-state index is 11.1. The molecule has 0 amide bonds. The number of rotatable bonds is 9. The molecule has 0 rings (SSSR count). The van der Waals surface area contributed by atoms with Gasteiger partial charge in [-0.3, -0.25) is 0 Å². The third-order valence-electron chi connectivity index (χ3n) is 2.73. The molecule has 1 unspecified atom stereocenters. The third kappa shape index (κ3) is 12.0. The van der Waals surface area contributed by atoms with E-state index in [1.54, 1.807) is 0 Å². The van der Waals surface area contributed by atoms with Crippen molar-refractivity contribution < 1.29 is 14.3 Å². The van der Waals surface area contributed by atoms with Gasteiger partial charge in [-0.25, -0.2) is 4.79 Å². The molecular formula is C16H30O3. The fraction of sp³-hybridized carbons (Fsp3) is 0.812. The van der Waals surface area contributed by atoms with Crippen LogP contribution in [0, 0.1) is 5.92 Å². The van der Waals surface area contributed by atoms with E-state index in [9.17, 15) is 4.79 Å². The van der Waals surface area contributed by atoms with E-state index in [1.165, 1.54) is 18.9 Å². The number of hydrogen-bond acceptors (Lipinski definition) is 3. The molecule has 112 valence electrons. The van der Waals surface area contributed by atoms with Gasteiger partial charge in [0, 0.05) is 6.08 Å². The first-order valence-electron chi connectivity index (χ1n) is 7.36. The van der Waals surface area contributed by atoms with E-state index in [2.05, 4.69) is 27.7 Å². The zero-order valence-corrected chi connectivity index (χ0v) is 13.2. The molecule has 0 saturated heterocycles. The summed E-state index contributed by atoms with van der Waals surface area (Å²) in [6, 6.07) is 0. The van der Waals surface area contributed by atoms with Gasteiger partial charge in [0.05, 0.1) is 18.8 Å². The number of carbonyl (C=O) groups excluding carboxylic acids is 1. The number of hydrogen-bond donors (Lipinski definition) is 0. The summed E-state index contributed by atoms with van der Waals surface area (Å²) in [4.78, 5) is 11.1. The van der Waals surface area contributed by atoms with Crippen LogP contribution in [0.3, 0.4) is 0 Å². The van der Waals surface area contributed by atoms with Gasteiger partial charge in [0.1, 0.15) is 0 Å². The van der Waals surface area contributed by atoms with Crippen LogP contribution in [0.4, 0.5) is 0 Å². The quantitative estimate of drug-likeness (QED) is 0.467. The zero-order chi connectivity index (χ0) is 14.7. The highest BCUT2D eigenvalue weighted by atomic mass is 16.5. The molecule has 0 N–H and O–H groups in total. The molecule has 0 aromatic heterocycles. The normalized spacial score (nSPS) is 13.7. The van der Waals surface area contributed by atoms with Crippen molar-refractivity contribution in [2.75, 3.05) is 13.2 Å². The van der Waals surface area contributed by atoms with Gasteiger partial charge >= 0.3 is 5.97 Å². The van der Waals surface area contributed by atoms with Crippen LogP contribution in [0.1, 0.15) is 60.3 Å². The monoisotopic (exact) mass is 270 g/mol. The van der Waals surface area contributed by atoms with Gasteiger partial charge in [0.15, 0.2) is 0 Å². The van der Waals surface area contributed by atoms with Crippen molar-refractivity contribution in [3.05, 3.63) is 12.2 Å². The standard InChI is InChI=1S/C16H30O3/c1-6-10-14(13-19-16(3,4)5)11-8-9-12-15(17)18-7-2/h9,12,14H,6-8,10-11,13H2,1-5H3/b12-9+. The molecule has 3 nitrogen and oxygen atoms in total. The van der Waals surface area contributed by atoms with Crippen LogP contribution in [0.2, 0.25) is 0 Å². The Morgan fingerprint density at radius 1 is 1.21 bits per heavy atom. The average Bonchev–Trinajstić information content (AvgIpc) is 2.30. The molecule has 0 aliphatic rings. The largest absolute Gasteiger partial charge is 0.463 e. The molecule has 0 radical (unpaired) electrons. The van der Waals surface area contributed by atoms with Crippen LogP contribution < -0.4 is 0 Å². The minimum absolute atomic E-state index is 0.0766. The lowest BCUT2D eigenvalue weighted by molar-refractivity contribution is -0.137. The predicted octanol–water partition coefficient (Wildman–Crippen LogP) is 4.12. The summed E-state index contributed by atoms with van der Waals surface area (Å²) >= 11 is 0. The summed E-state index contributed by atoms with van der Waals surface area (Å²) in [6.07, 6.45) is 7.72. The van der Waals surface area contributed by atoms with Gasteiger partial charge in [0.25, 0.3) is 0 Å². The van der Waals surface area contributed by atoms with Crippen LogP contribution in [0.5, 0.6) is 0 Å². The van der Waals surface area contributed by atoms with Crippen LogP contribution in [0.15, 0.2) is 12.2 Å². The number of esters is 1. The second kappa shape index (κ2) is 10.0. The van der Waals surface area contributed by atoms with Crippen molar-refractivity contribution in [3.63, 3.8) is 0 Å². The SMILES string of the molecule is CCCC(CC/C=C/C(=O)OCC)COC(C)(C)C. The molecule has 3 heteroatoms. The molecule has 0 bridgehead atoms. The van der Waals surface area contributed by atoms with E-state index in [1.807, 2.05) is 13.0 Å². The van der Waals surface area contributed by atoms with Crippen molar-refractivity contribution in [1.29, 1.82) is 0 Å². The van der Waals surface area contributed by atoms with Gasteiger partial charge in [-0.05, 0) is 52.9 Å². The van der Waals surface area contributed by atoms with Crippen LogP contribution in [-0.2, 0) is 14.3 Å². The van der Waals surface area contributed by atoms with E-state index < -0.39 is 0 Å². The van der Waals surface area contributed by atoms with Crippen molar-refractivity contribution in [1.82, 2.24) is 0 Å². The fourth-order valence-corrected chi connectivity index (χ4v) is 1.79. The summed E-state index contributed by atoms with van der Waals surface area (Å²) in [5.74, 6) is 0.316. The van der Waals surface area contributed by atoms with E-state index in [4.69, 9.17) is 9.47 Å². The smallest absolute Gasteiger partial charge is 0.330 e. The molecular weight excluding hydrogens is 240 g/mol. The first kappa shape index (κ1) is 18.2. The Labute approximate surface area is 118 Å². The number of allylic oxidation sites excluding steroid dienone is 1. The second-order valence-electron chi connectivity index (χ2n) is 5.81. The highest BCUT2D eigenvalue weighted by Gasteiger charge is 2.14. The van der Waals surface area contributed by atoms with Crippen molar-refractivity contribution in [2.45, 2.75) is 65.9 Å². The first-order chi connectivity index (χ1) is 8.89. The Kier molecular flexibility index (Phi) is 9.58. The minimum Gasteiger partial charge on any atom is -0.463 e. The highest BCUT2D eigenvalue weighted by molar-refractivity contribution is 5.81. The topological polar surface area (TPSA) is 35.5 Å². The van der Waals surface area contributed by atoms with Gasteiger partial charge in [-0.2, -0.15) is 0 Å². The average molecular weight is 270 g/mol. The van der Waals surface area contributed by atoms with Crippen molar-refractivity contribution >= 4 is 5.97 Å². The molecule has 1 atom stereocenters. The molecule has 0 spiro atoms. The first-order valence-corrected chi connectivity index (χ1v) is 7.36. The molecule has 0 aliphatic heterocycles. The van der Waals surface area contributed by atoms with E-state index >= 15 is 0 Å². The van der Waals surface area contributed by atoms with Gasteiger partial charge < -0.3 is 9.47 Å². The van der Waals surface area contributed by atoms with Crippen molar-refractivity contribution in [3.8, 4) is 0 Å². The van der Waals surface area contributed by atoms with E-state index in [-0.39, 0.29) is 11.6 Å². The Morgan fingerprint density at radius 3 is 2.42 bits per heavy atom. The molecule has 19 heavy (non-hydrogen) atoms. The summed E-state index contributed by atoms with van der Waals surface area (Å²) in [6.45, 7) is 11.5. The maximum atomic E-state index is 11.1. The molecule has 0 saturated carbocycles. The van der Waals surface area contributed by atoms with Gasteiger partial charge in [0.2, 0.25) is 0 Å². The Hall–Kier alpha value is -0.830. The molecule has 0 heterocycles. The van der Waals surface area contributed by atoms with E-state index in [0.29, 0.717) is 12.5 Å². The van der Waals surface area contributed by atoms with Crippen molar-refractivity contribution in [2.24, 2.45) is 5.92 Å². The van der Waals surface area contributed by atoms with Crippen LogP contribution >= 0.6 is 0 Å². The molecule has 0 aromatic rings. The van der Waals surface area contributed by atoms with Crippen LogP contribution in [-0.4, -0.2) is 24.8 Å². The third-order valence-corrected chi connectivity index (χ3v) is 2.73. The minimum atomic E-state index is -0.250. The number of ether oxygens (including phenoxy) is 2. The fourth-order valence-electron chi connectivity index (χ4n) is 1.79. The molecule has 0 fully saturated rings. The van der Waals surface area contributed by atoms with E-state index in [0.717, 1.165) is 19.4 Å². The Morgan fingerprint density at radius 2 is 1.89 bits per heavy atom. The maximum Gasteiger partial charge on any atom is 0.330 e. The Balaban J connectivity index is 3.97. The second-order valence-corrected chi connectivity index (χ2v) is 5.81. The van der Waals surface area contributed by atoms with Crippen LogP contribution in [0.25, 0.3) is 0 Å². The lowest BCUT2D eigenvalue weighted by atomic mass is 9.98. The van der Waals surface area contributed by atoms with Gasteiger partial charge in [-0.15, -0.1) is 0 Å². The number of carbonyl (C=O) groups is 1. The molecule has 0 aromatic carbocycles. The lowest BCUT2D eigenvalue weighted by Crippen LogP contribution is -2.23. The summed E-state index contributed by atoms with van der Waals surface area (Å²) in [5, 5.41) is 0. The zero-order valence-electron chi connectivity index (χ0n) is 13.2. The highest BCUT2D eigenvalue weighted by Crippen LogP contribution is 2.18. The summed E-state index contributed by atoms with van der Waals surface area (Å²) in [7, 11) is 0. The molecule has 0 aliphatic carbocycles. The lowest BCUT2D eigenvalue weighted by Gasteiger charge is -2.24.